The number of rotatable bonds is 5. The summed E-state index contributed by atoms with van der Waals surface area (Å²) in [5.74, 6) is -0.902. The van der Waals surface area contributed by atoms with Crippen LogP contribution in [0.1, 0.15) is 19.5 Å². The van der Waals surface area contributed by atoms with E-state index in [9.17, 15) is 9.90 Å². The van der Waals surface area contributed by atoms with Crippen LogP contribution in [0.25, 0.3) is 0 Å². The SMILES string of the molecule is CCNC(C)(Cn1ncc(Cl)c1C)C(=O)O. The molecule has 2 N–H and O–H groups in total. The van der Waals surface area contributed by atoms with Crippen LogP contribution in [0.15, 0.2) is 6.20 Å². The van der Waals surface area contributed by atoms with Crippen molar-refractivity contribution in [1.29, 1.82) is 0 Å². The quantitative estimate of drug-likeness (QED) is 0.821. The maximum absolute atomic E-state index is 11.2. The third-order valence-electron chi connectivity index (χ3n) is 2.55. The third kappa shape index (κ3) is 2.54. The number of aromatic nitrogens is 2. The van der Waals surface area contributed by atoms with Crippen LogP contribution in [0.2, 0.25) is 5.02 Å². The molecule has 6 heteroatoms. The van der Waals surface area contributed by atoms with Gasteiger partial charge in [0, 0.05) is 0 Å². The molecule has 0 radical (unpaired) electrons. The molecule has 0 fully saturated rings. The molecule has 1 aromatic heterocycles. The molecule has 0 bridgehead atoms. The highest BCUT2D eigenvalue weighted by Gasteiger charge is 2.33. The number of halogens is 1. The molecule has 0 amide bonds. The zero-order valence-corrected chi connectivity index (χ0v) is 10.4. The largest absolute Gasteiger partial charge is 0.480 e. The molecule has 1 rings (SSSR count). The minimum absolute atomic E-state index is 0.245. The predicted octanol–water partition coefficient (Wildman–Crippen LogP) is 1.30. The number of hydrogen-bond acceptors (Lipinski definition) is 3. The molecule has 1 heterocycles. The first-order valence-electron chi connectivity index (χ1n) is 5.07. The Balaban J connectivity index is 2.92. The Kier molecular flexibility index (Phi) is 3.93. The van der Waals surface area contributed by atoms with E-state index in [1.807, 2.05) is 13.8 Å². The van der Waals surface area contributed by atoms with Crippen LogP contribution in [-0.4, -0.2) is 32.9 Å². The lowest BCUT2D eigenvalue weighted by Gasteiger charge is -2.26. The molecule has 0 saturated heterocycles. The van der Waals surface area contributed by atoms with E-state index in [1.54, 1.807) is 11.6 Å². The summed E-state index contributed by atoms with van der Waals surface area (Å²) in [6.45, 7) is 6.13. The Morgan fingerprint density at radius 3 is 2.75 bits per heavy atom. The molecule has 0 aliphatic rings. The van der Waals surface area contributed by atoms with Crippen molar-refractivity contribution in [3.63, 3.8) is 0 Å². The van der Waals surface area contributed by atoms with E-state index >= 15 is 0 Å². The van der Waals surface area contributed by atoms with Crippen molar-refractivity contribution >= 4 is 17.6 Å². The van der Waals surface area contributed by atoms with Gasteiger partial charge in [0.15, 0.2) is 0 Å². The van der Waals surface area contributed by atoms with E-state index < -0.39 is 11.5 Å². The van der Waals surface area contributed by atoms with Gasteiger partial charge in [-0.2, -0.15) is 5.10 Å². The fourth-order valence-electron chi connectivity index (χ4n) is 1.47. The van der Waals surface area contributed by atoms with Gasteiger partial charge >= 0.3 is 5.97 Å². The summed E-state index contributed by atoms with van der Waals surface area (Å²) in [6.07, 6.45) is 1.52. The molecule has 0 saturated carbocycles. The van der Waals surface area contributed by atoms with Crippen LogP contribution in [-0.2, 0) is 11.3 Å². The Hall–Kier alpha value is -1.07. The molecular weight excluding hydrogens is 230 g/mol. The zero-order valence-electron chi connectivity index (χ0n) is 9.62. The second-order valence-corrected chi connectivity index (χ2v) is 4.31. The average molecular weight is 246 g/mol. The molecule has 0 aliphatic heterocycles. The van der Waals surface area contributed by atoms with Gasteiger partial charge in [0.25, 0.3) is 0 Å². The number of carboxylic acids is 1. The van der Waals surface area contributed by atoms with Crippen LogP contribution in [0, 0.1) is 6.92 Å². The molecule has 16 heavy (non-hydrogen) atoms. The maximum Gasteiger partial charge on any atom is 0.325 e. The topological polar surface area (TPSA) is 67.2 Å². The molecular formula is C10H16ClN3O2. The molecule has 5 nitrogen and oxygen atoms in total. The smallest absolute Gasteiger partial charge is 0.325 e. The third-order valence-corrected chi connectivity index (χ3v) is 2.92. The molecule has 0 aromatic carbocycles. The van der Waals surface area contributed by atoms with Crippen molar-refractivity contribution in [2.24, 2.45) is 0 Å². The molecule has 1 aromatic rings. The van der Waals surface area contributed by atoms with Crippen molar-refractivity contribution < 1.29 is 9.90 Å². The van der Waals surface area contributed by atoms with Crippen LogP contribution >= 0.6 is 11.6 Å². The number of hydrogen-bond donors (Lipinski definition) is 2. The monoisotopic (exact) mass is 245 g/mol. The van der Waals surface area contributed by atoms with Crippen molar-refractivity contribution in [2.45, 2.75) is 32.9 Å². The first-order chi connectivity index (χ1) is 7.40. The van der Waals surface area contributed by atoms with Crippen LogP contribution < -0.4 is 5.32 Å². The van der Waals surface area contributed by atoms with E-state index in [1.165, 1.54) is 6.20 Å². The van der Waals surface area contributed by atoms with Gasteiger partial charge in [-0.25, -0.2) is 0 Å². The highest BCUT2D eigenvalue weighted by Crippen LogP contribution is 2.16. The second kappa shape index (κ2) is 4.84. The lowest BCUT2D eigenvalue weighted by atomic mass is 10.0. The highest BCUT2D eigenvalue weighted by atomic mass is 35.5. The fourth-order valence-corrected chi connectivity index (χ4v) is 1.61. The average Bonchev–Trinajstić information content (AvgIpc) is 2.50. The summed E-state index contributed by atoms with van der Waals surface area (Å²) >= 11 is 5.86. The number of carbonyl (C=O) groups is 1. The van der Waals surface area contributed by atoms with Crippen LogP contribution in [0.5, 0.6) is 0 Å². The normalized spacial score (nSPS) is 14.8. The summed E-state index contributed by atoms with van der Waals surface area (Å²) in [5, 5.41) is 16.7. The second-order valence-electron chi connectivity index (χ2n) is 3.90. The summed E-state index contributed by atoms with van der Waals surface area (Å²) in [4.78, 5) is 11.2. The molecule has 1 unspecified atom stereocenters. The minimum Gasteiger partial charge on any atom is -0.480 e. The van der Waals surface area contributed by atoms with Gasteiger partial charge < -0.3 is 10.4 Å². The van der Waals surface area contributed by atoms with Crippen LogP contribution in [0.3, 0.4) is 0 Å². The van der Waals surface area contributed by atoms with Gasteiger partial charge in [-0.3, -0.25) is 9.48 Å². The Bertz CT molecular complexity index is 391. The standard InChI is InChI=1S/C10H16ClN3O2/c1-4-12-10(3,9(15)16)6-14-7(2)8(11)5-13-14/h5,12H,4,6H2,1-3H3,(H,15,16). The Morgan fingerprint density at radius 1 is 1.75 bits per heavy atom. The van der Waals surface area contributed by atoms with E-state index in [4.69, 9.17) is 11.6 Å². The van der Waals surface area contributed by atoms with E-state index in [0.717, 1.165) is 5.69 Å². The lowest BCUT2D eigenvalue weighted by Crippen LogP contribution is -2.52. The fraction of sp³-hybridized carbons (Fsp3) is 0.600. The summed E-state index contributed by atoms with van der Waals surface area (Å²) in [6, 6.07) is 0. The first kappa shape index (κ1) is 13.0. The Morgan fingerprint density at radius 2 is 2.38 bits per heavy atom. The first-order valence-corrected chi connectivity index (χ1v) is 5.45. The van der Waals surface area contributed by atoms with Gasteiger partial charge in [-0.15, -0.1) is 0 Å². The van der Waals surface area contributed by atoms with Crippen molar-refractivity contribution in [3.05, 3.63) is 16.9 Å². The number of nitrogens with one attached hydrogen (secondary N) is 1. The summed E-state index contributed by atoms with van der Waals surface area (Å²) in [5.41, 5.74) is -0.262. The molecule has 0 spiro atoms. The number of carboxylic acid groups (broad SMARTS) is 1. The summed E-state index contributed by atoms with van der Waals surface area (Å²) < 4.78 is 1.60. The van der Waals surface area contributed by atoms with Crippen molar-refractivity contribution in [1.82, 2.24) is 15.1 Å². The zero-order chi connectivity index (χ0) is 12.3. The Labute approximate surface area is 99.4 Å². The highest BCUT2D eigenvalue weighted by molar-refractivity contribution is 6.31. The van der Waals surface area contributed by atoms with Gasteiger partial charge in [-0.1, -0.05) is 18.5 Å². The number of nitrogens with zero attached hydrogens (tertiary/aromatic N) is 2. The van der Waals surface area contributed by atoms with Gasteiger partial charge in [-0.05, 0) is 20.4 Å². The van der Waals surface area contributed by atoms with E-state index in [2.05, 4.69) is 10.4 Å². The van der Waals surface area contributed by atoms with E-state index in [0.29, 0.717) is 11.6 Å². The predicted molar refractivity (Wildman–Crippen MR) is 61.7 cm³/mol. The van der Waals surface area contributed by atoms with E-state index in [-0.39, 0.29) is 6.54 Å². The number of aliphatic carboxylic acids is 1. The number of likely N-dealkylation sites (N-methyl/N-ethyl adjacent to an activating group) is 1. The minimum atomic E-state index is -1.03. The molecule has 0 aliphatic carbocycles. The van der Waals surface area contributed by atoms with Gasteiger partial charge in [0.05, 0.1) is 23.5 Å². The van der Waals surface area contributed by atoms with Crippen molar-refractivity contribution in [3.8, 4) is 0 Å². The lowest BCUT2D eigenvalue weighted by molar-refractivity contribution is -0.144. The van der Waals surface area contributed by atoms with Crippen molar-refractivity contribution in [2.75, 3.05) is 6.54 Å². The van der Waals surface area contributed by atoms with Gasteiger partial charge in [0.1, 0.15) is 5.54 Å². The van der Waals surface area contributed by atoms with Crippen LogP contribution in [0.4, 0.5) is 0 Å². The summed E-state index contributed by atoms with van der Waals surface area (Å²) in [7, 11) is 0. The molecule has 1 atom stereocenters. The maximum atomic E-state index is 11.2. The van der Waals surface area contributed by atoms with Gasteiger partial charge in [0.2, 0.25) is 0 Å². The molecule has 90 valence electrons.